The number of rotatable bonds is 8. The first-order valence-electron chi connectivity index (χ1n) is 11.5. The molecule has 0 spiro atoms. The van der Waals surface area contributed by atoms with Crippen LogP contribution in [0.25, 0.3) is 12.2 Å². The summed E-state index contributed by atoms with van der Waals surface area (Å²) in [5.74, 6) is -0.415. The highest BCUT2D eigenvalue weighted by Crippen LogP contribution is 2.38. The summed E-state index contributed by atoms with van der Waals surface area (Å²) < 4.78 is 22.4. The number of hydrogen-bond donors (Lipinski definition) is 1. The third-order valence-corrected chi connectivity index (χ3v) is 6.11. The zero-order valence-corrected chi connectivity index (χ0v) is 20.9. The highest BCUT2D eigenvalue weighted by Gasteiger charge is 2.52. The topological polar surface area (TPSA) is 83.1 Å². The third-order valence-electron chi connectivity index (χ3n) is 6.11. The van der Waals surface area contributed by atoms with Crippen LogP contribution in [0, 0.1) is 0 Å². The molecule has 1 fully saturated rings. The Morgan fingerprint density at radius 3 is 2.14 bits per heavy atom. The van der Waals surface area contributed by atoms with Crippen molar-refractivity contribution in [3.8, 4) is 0 Å². The van der Waals surface area contributed by atoms with E-state index in [-0.39, 0.29) is 13.2 Å². The van der Waals surface area contributed by atoms with Gasteiger partial charge < -0.3 is 24.1 Å². The zero-order chi connectivity index (χ0) is 25.5. The smallest absolute Gasteiger partial charge is 0.466 e. The van der Waals surface area contributed by atoms with Crippen LogP contribution in [0.15, 0.2) is 66.1 Å². The van der Waals surface area contributed by atoms with Gasteiger partial charge in [-0.3, -0.25) is 0 Å². The van der Waals surface area contributed by atoms with Crippen molar-refractivity contribution in [3.63, 3.8) is 0 Å². The molecule has 0 aromatic heterocycles. The minimum absolute atomic E-state index is 0.183. The van der Waals surface area contributed by atoms with Crippen LogP contribution < -0.4 is 5.32 Å². The van der Waals surface area contributed by atoms with Gasteiger partial charge in [0.25, 0.3) is 0 Å². The predicted octanol–water partition coefficient (Wildman–Crippen LogP) is 4.81. The third kappa shape index (κ3) is 7.31. The molecule has 0 radical (unpaired) electrons. The lowest BCUT2D eigenvalue weighted by Gasteiger charge is -2.32. The first-order valence-corrected chi connectivity index (χ1v) is 11.5. The number of alkyl carbamates (subject to hydrolysis) is 1. The second-order valence-electron chi connectivity index (χ2n) is 9.25. The number of carbonyl (C=O) groups excluding carboxylic acids is 2. The van der Waals surface area contributed by atoms with Crippen LogP contribution in [0.4, 0.5) is 4.79 Å². The summed E-state index contributed by atoms with van der Waals surface area (Å²) in [6.45, 7) is 8.30. The first kappa shape index (κ1) is 26.3. The molecule has 0 bridgehead atoms. The summed E-state index contributed by atoms with van der Waals surface area (Å²) in [6, 6.07) is 17.1. The van der Waals surface area contributed by atoms with Crippen molar-refractivity contribution < 1.29 is 28.4 Å². The second-order valence-corrected chi connectivity index (χ2v) is 9.25. The molecule has 1 N–H and O–H groups in total. The van der Waals surface area contributed by atoms with Gasteiger partial charge in [-0.2, -0.15) is 0 Å². The minimum atomic E-state index is -0.631. The molecule has 0 atom stereocenters. The van der Waals surface area contributed by atoms with Crippen LogP contribution in [0.5, 0.6) is 0 Å². The Morgan fingerprint density at radius 1 is 0.943 bits per heavy atom. The lowest BCUT2D eigenvalue weighted by Crippen LogP contribution is -2.41. The Labute approximate surface area is 207 Å². The summed E-state index contributed by atoms with van der Waals surface area (Å²) in [6.07, 6.45) is 4.44. The number of benzene rings is 2. The number of esters is 1. The molecular formula is C27H32BNO6. The minimum Gasteiger partial charge on any atom is -0.466 e. The molecule has 1 saturated heterocycles. The summed E-state index contributed by atoms with van der Waals surface area (Å²) in [5, 5.41) is 2.80. The fraction of sp³-hybridized carbons (Fsp3) is 0.333. The van der Waals surface area contributed by atoms with Crippen LogP contribution in [0.3, 0.4) is 0 Å². The van der Waals surface area contributed by atoms with Crippen molar-refractivity contribution in [2.75, 3.05) is 13.7 Å². The molecular weight excluding hydrogens is 445 g/mol. The monoisotopic (exact) mass is 477 g/mol. The van der Waals surface area contributed by atoms with Gasteiger partial charge in [0.2, 0.25) is 0 Å². The Kier molecular flexibility index (Phi) is 8.54. The van der Waals surface area contributed by atoms with Crippen molar-refractivity contribution in [2.24, 2.45) is 0 Å². The van der Waals surface area contributed by atoms with Crippen LogP contribution in [0.2, 0.25) is 0 Å². The molecule has 7 nitrogen and oxygen atoms in total. The van der Waals surface area contributed by atoms with Crippen LogP contribution >= 0.6 is 0 Å². The average molecular weight is 477 g/mol. The van der Waals surface area contributed by atoms with E-state index in [4.69, 9.17) is 14.0 Å². The Balaban J connectivity index is 1.73. The van der Waals surface area contributed by atoms with Gasteiger partial charge >= 0.3 is 19.2 Å². The van der Waals surface area contributed by atoms with Crippen molar-refractivity contribution in [1.82, 2.24) is 5.32 Å². The Bertz CT molecular complexity index is 1060. The SMILES string of the molecule is COC(=O)/C=C/c1ccc(C=C(CNC(=O)OCc2ccccc2)B2OC(C)(C)C(C)(C)O2)cc1. The van der Waals surface area contributed by atoms with Gasteiger partial charge in [0, 0.05) is 12.6 Å². The van der Waals surface area contributed by atoms with Crippen LogP contribution in [-0.4, -0.2) is 44.0 Å². The summed E-state index contributed by atoms with van der Waals surface area (Å²) in [4.78, 5) is 23.7. The van der Waals surface area contributed by atoms with E-state index in [1.165, 1.54) is 13.2 Å². The molecule has 0 aliphatic carbocycles. The van der Waals surface area contributed by atoms with E-state index in [0.717, 1.165) is 22.2 Å². The van der Waals surface area contributed by atoms with Crippen molar-refractivity contribution >= 4 is 31.3 Å². The van der Waals surface area contributed by atoms with Crippen molar-refractivity contribution in [1.29, 1.82) is 0 Å². The van der Waals surface area contributed by atoms with E-state index in [2.05, 4.69) is 10.1 Å². The number of nitrogens with one attached hydrogen (secondary N) is 1. The van der Waals surface area contributed by atoms with Gasteiger partial charge in [-0.1, -0.05) is 60.7 Å². The molecule has 1 aliphatic heterocycles. The molecule has 3 rings (SSSR count). The molecule has 8 heteroatoms. The van der Waals surface area contributed by atoms with Crippen molar-refractivity contribution in [2.45, 2.75) is 45.5 Å². The maximum absolute atomic E-state index is 12.4. The Morgan fingerprint density at radius 2 is 1.54 bits per heavy atom. The molecule has 2 aromatic carbocycles. The van der Waals surface area contributed by atoms with Crippen LogP contribution in [-0.2, 0) is 30.2 Å². The average Bonchev–Trinajstić information content (AvgIpc) is 3.06. The maximum atomic E-state index is 12.4. The molecule has 35 heavy (non-hydrogen) atoms. The fourth-order valence-electron chi connectivity index (χ4n) is 3.29. The van der Waals surface area contributed by atoms with E-state index in [1.807, 2.05) is 88.4 Å². The number of methoxy groups -OCH3 is 1. The van der Waals surface area contributed by atoms with E-state index in [0.29, 0.717) is 0 Å². The maximum Gasteiger partial charge on any atom is 0.492 e. The highest BCUT2D eigenvalue weighted by atomic mass is 16.7. The molecule has 2 aromatic rings. The molecule has 0 unspecified atom stereocenters. The van der Waals surface area contributed by atoms with Gasteiger partial charge in [-0.25, -0.2) is 9.59 Å². The predicted molar refractivity (Wildman–Crippen MR) is 136 cm³/mol. The number of hydrogen-bond acceptors (Lipinski definition) is 6. The second kappa shape index (κ2) is 11.4. The number of amides is 1. The quantitative estimate of drug-likeness (QED) is 0.334. The fourth-order valence-corrected chi connectivity index (χ4v) is 3.29. The van der Waals surface area contributed by atoms with Crippen molar-refractivity contribution in [3.05, 3.63) is 82.8 Å². The van der Waals surface area contributed by atoms with Crippen LogP contribution in [0.1, 0.15) is 44.4 Å². The van der Waals surface area contributed by atoms with Gasteiger partial charge in [0.15, 0.2) is 0 Å². The molecule has 1 heterocycles. The standard InChI is InChI=1S/C27H32BNO6/c1-26(2)27(3,4)35-28(34-26)23(18-29-25(31)33-19-22-9-7-6-8-10-22)17-21-13-11-20(12-14-21)15-16-24(30)32-5/h6-17H,18-19H2,1-5H3,(H,29,31)/b16-15+,23-17?. The van der Waals surface area contributed by atoms with Gasteiger partial charge in [-0.05, 0) is 55.9 Å². The molecule has 1 amide bonds. The van der Waals surface area contributed by atoms with Gasteiger partial charge in [-0.15, -0.1) is 0 Å². The molecule has 1 aliphatic rings. The Hall–Kier alpha value is -3.36. The number of ether oxygens (including phenoxy) is 2. The lowest BCUT2D eigenvalue weighted by molar-refractivity contribution is -0.134. The van der Waals surface area contributed by atoms with Gasteiger partial charge in [0.1, 0.15) is 6.61 Å². The normalized spacial score (nSPS) is 16.8. The summed E-state index contributed by atoms with van der Waals surface area (Å²) in [7, 11) is 0.705. The van der Waals surface area contributed by atoms with E-state index >= 15 is 0 Å². The largest absolute Gasteiger partial charge is 0.492 e. The summed E-state index contributed by atoms with van der Waals surface area (Å²) >= 11 is 0. The van der Waals surface area contributed by atoms with E-state index in [9.17, 15) is 9.59 Å². The zero-order valence-electron chi connectivity index (χ0n) is 20.9. The number of carbonyl (C=O) groups is 2. The highest BCUT2D eigenvalue weighted by molar-refractivity contribution is 6.56. The first-order chi connectivity index (χ1) is 16.6. The summed E-state index contributed by atoms with van der Waals surface area (Å²) in [5.41, 5.74) is 2.36. The molecule has 0 saturated carbocycles. The molecule has 184 valence electrons. The lowest BCUT2D eigenvalue weighted by atomic mass is 9.77. The van der Waals surface area contributed by atoms with E-state index in [1.54, 1.807) is 6.08 Å². The van der Waals surface area contributed by atoms with E-state index < -0.39 is 30.4 Å². The van der Waals surface area contributed by atoms with Gasteiger partial charge in [0.05, 0.1) is 18.3 Å².